The normalized spacial score (nSPS) is 16.6. The van der Waals surface area contributed by atoms with Crippen molar-refractivity contribution in [1.29, 1.82) is 0 Å². The number of anilines is 1. The van der Waals surface area contributed by atoms with Gasteiger partial charge in [0.05, 0.1) is 5.69 Å². The molecule has 1 aliphatic rings. The molecule has 1 heterocycles. The second-order valence-corrected chi connectivity index (χ2v) is 6.09. The first-order valence-electron chi connectivity index (χ1n) is 8.11. The van der Waals surface area contributed by atoms with Gasteiger partial charge >= 0.3 is 0 Å². The zero-order chi connectivity index (χ0) is 15.9. The summed E-state index contributed by atoms with van der Waals surface area (Å²) in [5.41, 5.74) is 10.3. The van der Waals surface area contributed by atoms with Crippen LogP contribution in [0.4, 0.5) is 11.4 Å². The molecule has 4 nitrogen and oxygen atoms in total. The minimum absolute atomic E-state index is 0.897. The van der Waals surface area contributed by atoms with Gasteiger partial charge in [0.1, 0.15) is 0 Å². The molecule has 1 aromatic rings. The van der Waals surface area contributed by atoms with Crippen LogP contribution in [0.1, 0.15) is 25.3 Å². The Bertz CT molecular complexity index is 540. The third-order valence-electron chi connectivity index (χ3n) is 4.09. The Kier molecular flexibility index (Phi) is 6.01. The number of likely N-dealkylation sites (tertiary alicyclic amines) is 1. The number of hydrogen-bond acceptors (Lipinski definition) is 4. The van der Waals surface area contributed by atoms with E-state index in [9.17, 15) is 0 Å². The molecule has 1 fully saturated rings. The van der Waals surface area contributed by atoms with Gasteiger partial charge in [-0.2, -0.15) is 0 Å². The molecule has 4 heteroatoms. The number of aliphatic imine (C=N–C) groups is 1. The summed E-state index contributed by atoms with van der Waals surface area (Å²) >= 11 is 0. The van der Waals surface area contributed by atoms with Crippen molar-refractivity contribution >= 4 is 17.6 Å². The van der Waals surface area contributed by atoms with Crippen LogP contribution in [-0.2, 0) is 6.42 Å². The molecule has 120 valence electrons. The van der Waals surface area contributed by atoms with Crippen molar-refractivity contribution in [3.05, 3.63) is 35.5 Å². The molecule has 0 bridgehead atoms. The average Bonchev–Trinajstić information content (AvgIpc) is 3.03. The summed E-state index contributed by atoms with van der Waals surface area (Å²) in [6, 6.07) is 6.47. The van der Waals surface area contributed by atoms with E-state index in [2.05, 4.69) is 54.0 Å². The Labute approximate surface area is 134 Å². The molecule has 2 rings (SSSR count). The van der Waals surface area contributed by atoms with Gasteiger partial charge in [-0.1, -0.05) is 6.92 Å². The summed E-state index contributed by atoms with van der Waals surface area (Å²) in [6.45, 7) is 5.40. The van der Waals surface area contributed by atoms with E-state index in [0.717, 1.165) is 24.2 Å². The number of aryl methyl sites for hydroxylation is 1. The van der Waals surface area contributed by atoms with E-state index >= 15 is 0 Å². The molecule has 0 aliphatic carbocycles. The molecule has 22 heavy (non-hydrogen) atoms. The number of nitrogens with zero attached hydrogens (tertiary/aromatic N) is 3. The lowest BCUT2D eigenvalue weighted by atomic mass is 10.1. The van der Waals surface area contributed by atoms with Gasteiger partial charge in [-0.15, -0.1) is 0 Å². The Morgan fingerprint density at radius 1 is 1.27 bits per heavy atom. The van der Waals surface area contributed by atoms with E-state index in [1.807, 2.05) is 6.21 Å². The monoisotopic (exact) mass is 300 g/mol. The maximum atomic E-state index is 5.76. The zero-order valence-electron chi connectivity index (χ0n) is 14.0. The molecule has 0 radical (unpaired) electrons. The van der Waals surface area contributed by atoms with Crippen LogP contribution >= 0.6 is 0 Å². The maximum Gasteiger partial charge on any atom is 0.0653 e. The molecule has 2 N–H and O–H groups in total. The van der Waals surface area contributed by atoms with Gasteiger partial charge in [0.25, 0.3) is 0 Å². The fourth-order valence-corrected chi connectivity index (χ4v) is 2.69. The highest BCUT2D eigenvalue weighted by atomic mass is 15.1. The number of rotatable bonds is 6. The van der Waals surface area contributed by atoms with Gasteiger partial charge in [-0.3, -0.25) is 9.89 Å². The minimum Gasteiger partial charge on any atom is -0.404 e. The highest BCUT2D eigenvalue weighted by molar-refractivity contribution is 5.81. The van der Waals surface area contributed by atoms with Crippen molar-refractivity contribution in [2.75, 3.05) is 38.6 Å². The van der Waals surface area contributed by atoms with Crippen LogP contribution in [0.2, 0.25) is 0 Å². The molecular formula is C18H28N4. The summed E-state index contributed by atoms with van der Waals surface area (Å²) in [6.07, 6.45) is 7.18. The standard InChI is InChI=1S/C18H28N4/c1-4-15-9-17(11-18(10-15)21(2)3)20-13-16(12-19)14-22-7-5-6-8-22/h9-13H,4-8,14,19H2,1-3H3. The molecule has 0 amide bonds. The molecule has 0 unspecified atom stereocenters. The molecule has 1 aromatic carbocycles. The SMILES string of the molecule is CCc1cc(N=CC(=CN)CN2CCCC2)cc(N(C)C)c1. The summed E-state index contributed by atoms with van der Waals surface area (Å²) in [4.78, 5) is 9.19. The predicted molar refractivity (Wildman–Crippen MR) is 96.2 cm³/mol. The number of hydrogen-bond donors (Lipinski definition) is 1. The van der Waals surface area contributed by atoms with Gasteiger partial charge in [-0.25, -0.2) is 0 Å². The quantitative estimate of drug-likeness (QED) is 0.822. The third-order valence-corrected chi connectivity index (χ3v) is 4.09. The Morgan fingerprint density at radius 2 is 2.00 bits per heavy atom. The van der Waals surface area contributed by atoms with Crippen LogP contribution in [0.25, 0.3) is 0 Å². The van der Waals surface area contributed by atoms with Gasteiger partial charge in [0, 0.05) is 32.5 Å². The smallest absolute Gasteiger partial charge is 0.0653 e. The van der Waals surface area contributed by atoms with Gasteiger partial charge < -0.3 is 10.6 Å². The van der Waals surface area contributed by atoms with Crippen molar-refractivity contribution in [2.45, 2.75) is 26.2 Å². The number of nitrogens with two attached hydrogens (primary N) is 1. The van der Waals surface area contributed by atoms with Crippen LogP contribution in [0.3, 0.4) is 0 Å². The van der Waals surface area contributed by atoms with Crippen molar-refractivity contribution in [3.8, 4) is 0 Å². The summed E-state index contributed by atoms with van der Waals surface area (Å²) < 4.78 is 0. The first-order chi connectivity index (χ1) is 10.6. The minimum atomic E-state index is 0.897. The summed E-state index contributed by atoms with van der Waals surface area (Å²) in [5.74, 6) is 0. The van der Waals surface area contributed by atoms with E-state index in [-0.39, 0.29) is 0 Å². The third kappa shape index (κ3) is 4.60. The molecule has 0 spiro atoms. The Morgan fingerprint density at radius 3 is 2.59 bits per heavy atom. The van der Waals surface area contributed by atoms with Gasteiger partial charge in [-0.05, 0) is 67.9 Å². The molecule has 1 saturated heterocycles. The van der Waals surface area contributed by atoms with E-state index < -0.39 is 0 Å². The highest BCUT2D eigenvalue weighted by Gasteiger charge is 2.12. The lowest BCUT2D eigenvalue weighted by molar-refractivity contribution is 0.373. The fourth-order valence-electron chi connectivity index (χ4n) is 2.69. The van der Waals surface area contributed by atoms with E-state index in [0.29, 0.717) is 0 Å². The number of benzene rings is 1. The molecule has 0 aromatic heterocycles. The van der Waals surface area contributed by atoms with Gasteiger partial charge in [0.15, 0.2) is 0 Å². The molecular weight excluding hydrogens is 272 g/mol. The lowest BCUT2D eigenvalue weighted by Crippen LogP contribution is -2.22. The average molecular weight is 300 g/mol. The van der Waals surface area contributed by atoms with Crippen LogP contribution in [0, 0.1) is 0 Å². The second-order valence-electron chi connectivity index (χ2n) is 6.09. The van der Waals surface area contributed by atoms with Crippen molar-refractivity contribution in [1.82, 2.24) is 4.90 Å². The molecule has 0 atom stereocenters. The second kappa shape index (κ2) is 7.99. The van der Waals surface area contributed by atoms with Crippen molar-refractivity contribution in [3.63, 3.8) is 0 Å². The van der Waals surface area contributed by atoms with E-state index in [4.69, 9.17) is 5.73 Å². The van der Waals surface area contributed by atoms with Crippen molar-refractivity contribution < 1.29 is 0 Å². The van der Waals surface area contributed by atoms with E-state index in [1.54, 1.807) is 6.20 Å². The Balaban J connectivity index is 2.11. The van der Waals surface area contributed by atoms with Gasteiger partial charge in [0.2, 0.25) is 0 Å². The first kappa shape index (κ1) is 16.6. The molecule has 0 saturated carbocycles. The fraction of sp³-hybridized carbons (Fsp3) is 0.500. The highest BCUT2D eigenvalue weighted by Crippen LogP contribution is 2.23. The van der Waals surface area contributed by atoms with Crippen LogP contribution in [0.15, 0.2) is 35.0 Å². The topological polar surface area (TPSA) is 44.9 Å². The summed E-state index contributed by atoms with van der Waals surface area (Å²) in [5, 5.41) is 0. The largest absolute Gasteiger partial charge is 0.404 e. The maximum absolute atomic E-state index is 5.76. The van der Waals surface area contributed by atoms with E-state index in [1.165, 1.54) is 37.2 Å². The summed E-state index contributed by atoms with van der Waals surface area (Å²) in [7, 11) is 4.11. The lowest BCUT2D eigenvalue weighted by Gasteiger charge is -2.15. The van der Waals surface area contributed by atoms with Crippen LogP contribution in [-0.4, -0.2) is 44.8 Å². The Hall–Kier alpha value is -1.81. The first-order valence-corrected chi connectivity index (χ1v) is 8.11. The predicted octanol–water partition coefficient (Wildman–Crippen LogP) is 2.96. The molecule has 1 aliphatic heterocycles. The zero-order valence-corrected chi connectivity index (χ0v) is 14.0. The van der Waals surface area contributed by atoms with Crippen LogP contribution in [0.5, 0.6) is 0 Å². The van der Waals surface area contributed by atoms with Crippen LogP contribution < -0.4 is 10.6 Å². The van der Waals surface area contributed by atoms with Crippen molar-refractivity contribution in [2.24, 2.45) is 10.7 Å².